The number of aryl methyl sites for hydroxylation is 1. The van der Waals surface area contributed by atoms with Gasteiger partial charge in [-0.1, -0.05) is 39.0 Å². The molecule has 2 heterocycles. The van der Waals surface area contributed by atoms with Crippen molar-refractivity contribution >= 4 is 23.1 Å². The number of pyridine rings is 1. The standard InChI is InChI=1S/C20H21N3/c1-14-7-9-16-17(12-14)22-18(23-19(16)20(2,3)4)10-8-15-6-5-11-21-13-15/h5-13H,1-4H3/b10-8+. The van der Waals surface area contributed by atoms with E-state index in [-0.39, 0.29) is 5.41 Å². The topological polar surface area (TPSA) is 38.7 Å². The van der Waals surface area contributed by atoms with E-state index in [2.05, 4.69) is 50.9 Å². The van der Waals surface area contributed by atoms with E-state index >= 15 is 0 Å². The number of nitrogens with zero attached hydrogens (tertiary/aromatic N) is 3. The van der Waals surface area contributed by atoms with Crippen molar-refractivity contribution in [2.45, 2.75) is 33.1 Å². The molecule has 23 heavy (non-hydrogen) atoms. The van der Waals surface area contributed by atoms with Crippen molar-refractivity contribution in [1.29, 1.82) is 0 Å². The Bertz CT molecular complexity index is 859. The molecule has 0 radical (unpaired) electrons. The van der Waals surface area contributed by atoms with Crippen LogP contribution in [0.2, 0.25) is 0 Å². The van der Waals surface area contributed by atoms with Gasteiger partial charge in [-0.3, -0.25) is 4.98 Å². The first-order valence-electron chi connectivity index (χ1n) is 7.80. The van der Waals surface area contributed by atoms with E-state index in [0.29, 0.717) is 0 Å². The second kappa shape index (κ2) is 5.92. The summed E-state index contributed by atoms with van der Waals surface area (Å²) in [6, 6.07) is 10.3. The highest BCUT2D eigenvalue weighted by molar-refractivity contribution is 5.83. The van der Waals surface area contributed by atoms with Gasteiger partial charge in [-0.2, -0.15) is 0 Å². The van der Waals surface area contributed by atoms with Crippen LogP contribution in [0.15, 0.2) is 42.7 Å². The lowest BCUT2D eigenvalue weighted by atomic mass is 9.89. The van der Waals surface area contributed by atoms with Crippen LogP contribution < -0.4 is 0 Å². The summed E-state index contributed by atoms with van der Waals surface area (Å²) in [5.41, 5.74) is 4.29. The van der Waals surface area contributed by atoms with E-state index in [4.69, 9.17) is 9.97 Å². The second-order valence-corrected chi connectivity index (χ2v) is 6.82. The molecule has 1 aromatic carbocycles. The number of hydrogen-bond acceptors (Lipinski definition) is 3. The normalized spacial score (nSPS) is 12.2. The van der Waals surface area contributed by atoms with Crippen LogP contribution >= 0.6 is 0 Å². The smallest absolute Gasteiger partial charge is 0.152 e. The minimum atomic E-state index is -0.0344. The van der Waals surface area contributed by atoms with E-state index < -0.39 is 0 Å². The molecular weight excluding hydrogens is 282 g/mol. The molecule has 0 aliphatic carbocycles. The van der Waals surface area contributed by atoms with Gasteiger partial charge in [-0.25, -0.2) is 9.97 Å². The Hall–Kier alpha value is -2.55. The Morgan fingerprint density at radius 3 is 2.52 bits per heavy atom. The van der Waals surface area contributed by atoms with Gasteiger partial charge in [0.05, 0.1) is 11.2 Å². The Morgan fingerprint density at radius 2 is 1.83 bits per heavy atom. The molecule has 116 valence electrons. The van der Waals surface area contributed by atoms with Crippen molar-refractivity contribution in [3.8, 4) is 0 Å². The number of rotatable bonds is 2. The van der Waals surface area contributed by atoms with Crippen LogP contribution in [0.4, 0.5) is 0 Å². The van der Waals surface area contributed by atoms with Crippen LogP contribution in [0.1, 0.15) is 43.4 Å². The average Bonchev–Trinajstić information content (AvgIpc) is 2.52. The van der Waals surface area contributed by atoms with Gasteiger partial charge in [0, 0.05) is 23.2 Å². The van der Waals surface area contributed by atoms with Crippen LogP contribution in [0.25, 0.3) is 23.1 Å². The lowest BCUT2D eigenvalue weighted by molar-refractivity contribution is 0.573. The Labute approximate surface area is 137 Å². The van der Waals surface area contributed by atoms with E-state index in [0.717, 1.165) is 28.0 Å². The summed E-state index contributed by atoms with van der Waals surface area (Å²) in [6.07, 6.45) is 7.54. The first-order chi connectivity index (χ1) is 10.9. The Morgan fingerprint density at radius 1 is 1.00 bits per heavy atom. The molecule has 0 bridgehead atoms. The maximum Gasteiger partial charge on any atom is 0.152 e. The highest BCUT2D eigenvalue weighted by Crippen LogP contribution is 2.28. The second-order valence-electron chi connectivity index (χ2n) is 6.82. The Kier molecular flexibility index (Phi) is 3.95. The molecule has 0 spiro atoms. The van der Waals surface area contributed by atoms with Crippen molar-refractivity contribution in [2.24, 2.45) is 0 Å². The largest absolute Gasteiger partial charge is 0.264 e. The molecule has 0 aliphatic heterocycles. The summed E-state index contributed by atoms with van der Waals surface area (Å²) in [6.45, 7) is 8.64. The number of hydrogen-bond donors (Lipinski definition) is 0. The van der Waals surface area contributed by atoms with Crippen LogP contribution in [0, 0.1) is 6.92 Å². The fraction of sp³-hybridized carbons (Fsp3) is 0.250. The van der Waals surface area contributed by atoms with Crippen LogP contribution in [0.5, 0.6) is 0 Å². The van der Waals surface area contributed by atoms with Gasteiger partial charge in [0.1, 0.15) is 0 Å². The molecule has 0 atom stereocenters. The van der Waals surface area contributed by atoms with Crippen molar-refractivity contribution in [2.75, 3.05) is 0 Å². The first-order valence-corrected chi connectivity index (χ1v) is 7.80. The van der Waals surface area contributed by atoms with Crippen molar-refractivity contribution < 1.29 is 0 Å². The summed E-state index contributed by atoms with van der Waals surface area (Å²) < 4.78 is 0. The number of aromatic nitrogens is 3. The average molecular weight is 303 g/mol. The molecule has 0 fully saturated rings. The molecular formula is C20H21N3. The van der Waals surface area contributed by atoms with E-state index in [1.807, 2.05) is 30.5 Å². The molecule has 0 amide bonds. The summed E-state index contributed by atoms with van der Waals surface area (Å²) in [7, 11) is 0. The minimum absolute atomic E-state index is 0.0344. The molecule has 0 N–H and O–H groups in total. The van der Waals surface area contributed by atoms with Gasteiger partial charge in [-0.15, -0.1) is 0 Å². The van der Waals surface area contributed by atoms with E-state index in [1.54, 1.807) is 6.20 Å². The summed E-state index contributed by atoms with van der Waals surface area (Å²) in [5.74, 6) is 0.733. The summed E-state index contributed by atoms with van der Waals surface area (Å²) in [5, 5.41) is 1.13. The quantitative estimate of drug-likeness (QED) is 0.682. The van der Waals surface area contributed by atoms with Crippen LogP contribution in [-0.2, 0) is 5.41 Å². The van der Waals surface area contributed by atoms with E-state index in [9.17, 15) is 0 Å². The molecule has 0 saturated heterocycles. The van der Waals surface area contributed by atoms with Crippen molar-refractivity contribution in [1.82, 2.24) is 15.0 Å². The predicted molar refractivity (Wildman–Crippen MR) is 96.1 cm³/mol. The first kappa shape index (κ1) is 15.3. The van der Waals surface area contributed by atoms with Crippen molar-refractivity contribution in [3.05, 3.63) is 65.4 Å². The van der Waals surface area contributed by atoms with Gasteiger partial charge in [0.15, 0.2) is 5.82 Å². The zero-order valence-electron chi connectivity index (χ0n) is 14.0. The SMILES string of the molecule is Cc1ccc2c(C(C)(C)C)nc(/C=C/c3cccnc3)nc2c1. The van der Waals surface area contributed by atoms with Crippen molar-refractivity contribution in [3.63, 3.8) is 0 Å². The molecule has 3 aromatic rings. The highest BCUT2D eigenvalue weighted by atomic mass is 14.9. The molecule has 0 aliphatic rings. The summed E-state index contributed by atoms with van der Waals surface area (Å²) >= 11 is 0. The van der Waals surface area contributed by atoms with Gasteiger partial charge in [0.2, 0.25) is 0 Å². The minimum Gasteiger partial charge on any atom is -0.264 e. The third-order valence-electron chi connectivity index (χ3n) is 3.69. The van der Waals surface area contributed by atoms with E-state index in [1.165, 1.54) is 5.56 Å². The zero-order valence-corrected chi connectivity index (χ0v) is 14.0. The number of fused-ring (bicyclic) bond motifs is 1. The van der Waals surface area contributed by atoms with Gasteiger partial charge < -0.3 is 0 Å². The Balaban J connectivity index is 2.13. The van der Waals surface area contributed by atoms with Crippen LogP contribution in [-0.4, -0.2) is 15.0 Å². The van der Waals surface area contributed by atoms with Crippen LogP contribution in [0.3, 0.4) is 0 Å². The van der Waals surface area contributed by atoms with Gasteiger partial charge in [0.25, 0.3) is 0 Å². The third kappa shape index (κ3) is 3.45. The molecule has 2 aromatic heterocycles. The fourth-order valence-corrected chi connectivity index (χ4v) is 2.55. The molecule has 0 saturated carbocycles. The zero-order chi connectivity index (χ0) is 16.4. The van der Waals surface area contributed by atoms with Gasteiger partial charge >= 0.3 is 0 Å². The van der Waals surface area contributed by atoms with Gasteiger partial charge in [-0.05, 0) is 42.3 Å². The lowest BCUT2D eigenvalue weighted by Crippen LogP contribution is -2.15. The summed E-state index contributed by atoms with van der Waals surface area (Å²) in [4.78, 5) is 13.6. The fourth-order valence-electron chi connectivity index (χ4n) is 2.55. The maximum atomic E-state index is 4.80. The maximum absolute atomic E-state index is 4.80. The molecule has 3 nitrogen and oxygen atoms in total. The molecule has 0 unspecified atom stereocenters. The molecule has 3 rings (SSSR count). The predicted octanol–water partition coefficient (Wildman–Crippen LogP) is 4.80. The highest BCUT2D eigenvalue weighted by Gasteiger charge is 2.20. The third-order valence-corrected chi connectivity index (χ3v) is 3.69. The molecule has 3 heteroatoms. The number of benzene rings is 1. The monoisotopic (exact) mass is 303 g/mol. The lowest BCUT2D eigenvalue weighted by Gasteiger charge is -2.20.